The zero-order valence-electron chi connectivity index (χ0n) is 18.7. The summed E-state index contributed by atoms with van der Waals surface area (Å²) in [6.07, 6.45) is 7.29. The molecule has 0 aromatic heterocycles. The molecule has 6 rings (SSSR count). The van der Waals surface area contributed by atoms with Crippen molar-refractivity contribution in [1.82, 2.24) is 9.80 Å². The molecule has 3 unspecified atom stereocenters. The highest BCUT2D eigenvalue weighted by molar-refractivity contribution is 5.68. The van der Waals surface area contributed by atoms with Crippen LogP contribution >= 0.6 is 0 Å². The zero-order chi connectivity index (χ0) is 20.7. The van der Waals surface area contributed by atoms with Crippen LogP contribution in [-0.2, 0) is 10.2 Å². The number of nitrogens with one attached hydrogen (secondary N) is 1. The van der Waals surface area contributed by atoms with E-state index >= 15 is 0 Å². The number of ether oxygens (including phenoxy) is 1. The summed E-state index contributed by atoms with van der Waals surface area (Å²) in [7, 11) is 0. The van der Waals surface area contributed by atoms with E-state index in [-0.39, 0.29) is 6.09 Å². The van der Waals surface area contributed by atoms with Crippen LogP contribution in [0.25, 0.3) is 0 Å². The fraction of sp³-hybridized carbons (Fsp3) is 0.720. The van der Waals surface area contributed by atoms with Crippen LogP contribution in [0, 0.1) is 18.8 Å². The molecule has 1 spiro atoms. The first-order chi connectivity index (χ1) is 14.6. The lowest BCUT2D eigenvalue weighted by atomic mass is 9.74. The Bertz CT molecular complexity index is 787. The van der Waals surface area contributed by atoms with E-state index in [1.54, 1.807) is 5.56 Å². The average Bonchev–Trinajstić information content (AvgIpc) is 2.88. The van der Waals surface area contributed by atoms with Gasteiger partial charge in [-0.25, -0.2) is 4.79 Å². The Morgan fingerprint density at radius 2 is 2.07 bits per heavy atom. The molecule has 2 bridgehead atoms. The molecule has 1 aromatic carbocycles. The molecule has 4 heterocycles. The molecule has 164 valence electrons. The summed E-state index contributed by atoms with van der Waals surface area (Å²) in [5, 5.41) is 3.67. The third kappa shape index (κ3) is 3.70. The average molecular weight is 412 g/mol. The minimum absolute atomic E-state index is 0.0875. The van der Waals surface area contributed by atoms with Crippen LogP contribution in [0.2, 0.25) is 0 Å². The number of hydrogen-bond donors (Lipinski definition) is 1. The van der Waals surface area contributed by atoms with Gasteiger partial charge in [-0.15, -0.1) is 0 Å². The molecule has 3 saturated heterocycles. The Labute approximate surface area is 181 Å². The van der Waals surface area contributed by atoms with Crippen molar-refractivity contribution in [1.29, 1.82) is 0 Å². The molecule has 30 heavy (non-hydrogen) atoms. The molecule has 5 heteroatoms. The molecule has 1 N–H and O–H groups in total. The first-order valence-electron chi connectivity index (χ1n) is 12.1. The minimum Gasteiger partial charge on any atom is -0.450 e. The molecule has 0 radical (unpaired) electrons. The van der Waals surface area contributed by atoms with Gasteiger partial charge in [-0.3, -0.25) is 0 Å². The Balaban J connectivity index is 1.20. The second-order valence-corrected chi connectivity index (χ2v) is 10.3. The standard InChI is InChI=1S/C25H37N3O2/c1-3-30-24(29)28-16-19-5-6-21(28)14-20(13-19)15-27-10-8-25(9-11-27)17-26-23-7-4-18(2)12-22(23)25/h4,7,12,19-21,26H,3,5-6,8-11,13-17H2,1-2H3. The summed E-state index contributed by atoms with van der Waals surface area (Å²) in [6, 6.07) is 7.29. The van der Waals surface area contributed by atoms with Crippen molar-refractivity contribution in [3.05, 3.63) is 29.3 Å². The van der Waals surface area contributed by atoms with Crippen molar-refractivity contribution in [3.63, 3.8) is 0 Å². The second kappa shape index (κ2) is 8.07. The fourth-order valence-corrected chi connectivity index (χ4v) is 6.66. The number of benzene rings is 1. The summed E-state index contributed by atoms with van der Waals surface area (Å²) in [5.41, 5.74) is 4.62. The Hall–Kier alpha value is -1.75. The first kappa shape index (κ1) is 20.2. The number of anilines is 1. The SMILES string of the molecule is CCOC(=O)N1CC2CCC1CC(CN1CCC3(CC1)CNc1ccc(C)cc13)C2. The number of piperidine rings is 2. The van der Waals surface area contributed by atoms with Gasteiger partial charge in [-0.2, -0.15) is 0 Å². The lowest BCUT2D eigenvalue weighted by Gasteiger charge is -2.41. The maximum Gasteiger partial charge on any atom is 0.410 e. The van der Waals surface area contributed by atoms with E-state index in [4.69, 9.17) is 4.74 Å². The molecule has 5 nitrogen and oxygen atoms in total. The summed E-state index contributed by atoms with van der Waals surface area (Å²) in [4.78, 5) is 17.2. The smallest absolute Gasteiger partial charge is 0.410 e. The van der Waals surface area contributed by atoms with Crippen LogP contribution in [0.1, 0.15) is 56.6 Å². The van der Waals surface area contributed by atoms with Crippen LogP contribution in [0.3, 0.4) is 0 Å². The maximum atomic E-state index is 12.4. The zero-order valence-corrected chi connectivity index (χ0v) is 18.7. The Morgan fingerprint density at radius 1 is 1.23 bits per heavy atom. The summed E-state index contributed by atoms with van der Waals surface area (Å²) in [5.74, 6) is 1.37. The number of aryl methyl sites for hydroxylation is 1. The molecule has 1 aliphatic carbocycles. The van der Waals surface area contributed by atoms with Gasteiger partial charge < -0.3 is 19.9 Å². The topological polar surface area (TPSA) is 44.8 Å². The molecule has 3 atom stereocenters. The highest BCUT2D eigenvalue weighted by Crippen LogP contribution is 2.45. The Kier molecular flexibility index (Phi) is 5.42. The second-order valence-electron chi connectivity index (χ2n) is 10.3. The number of hydrogen-bond acceptors (Lipinski definition) is 4. The number of nitrogens with zero attached hydrogens (tertiary/aromatic N) is 2. The molecular weight excluding hydrogens is 374 g/mol. The van der Waals surface area contributed by atoms with Crippen LogP contribution in [0.15, 0.2) is 18.2 Å². The molecule has 1 saturated carbocycles. The van der Waals surface area contributed by atoms with E-state index in [1.807, 2.05) is 11.8 Å². The molecule has 4 aliphatic heterocycles. The van der Waals surface area contributed by atoms with Gasteiger partial charge in [0, 0.05) is 36.8 Å². The predicted octanol–water partition coefficient (Wildman–Crippen LogP) is 4.40. The maximum absolute atomic E-state index is 12.4. The van der Waals surface area contributed by atoms with E-state index in [2.05, 4.69) is 35.3 Å². The number of fused-ring (bicyclic) bond motifs is 6. The molecule has 1 aromatic rings. The number of carbonyl (C=O) groups is 1. The largest absolute Gasteiger partial charge is 0.450 e. The van der Waals surface area contributed by atoms with Gasteiger partial charge in [0.15, 0.2) is 0 Å². The van der Waals surface area contributed by atoms with Crippen molar-refractivity contribution in [3.8, 4) is 0 Å². The quantitative estimate of drug-likeness (QED) is 0.801. The highest BCUT2D eigenvalue weighted by atomic mass is 16.6. The number of rotatable bonds is 3. The van der Waals surface area contributed by atoms with Crippen LogP contribution < -0.4 is 5.32 Å². The van der Waals surface area contributed by atoms with Crippen LogP contribution in [0.5, 0.6) is 0 Å². The normalized spacial score (nSPS) is 30.1. The summed E-state index contributed by atoms with van der Waals surface area (Å²) in [6.45, 7) is 10.2. The monoisotopic (exact) mass is 411 g/mol. The van der Waals surface area contributed by atoms with Crippen molar-refractivity contribution in [2.24, 2.45) is 11.8 Å². The third-order valence-corrected chi connectivity index (χ3v) is 8.27. The third-order valence-electron chi connectivity index (χ3n) is 8.27. The van der Waals surface area contributed by atoms with Crippen LogP contribution in [-0.4, -0.2) is 61.3 Å². The molecule has 5 aliphatic rings. The van der Waals surface area contributed by atoms with Gasteiger partial charge >= 0.3 is 6.09 Å². The number of likely N-dealkylation sites (tertiary alicyclic amines) is 1. The van der Waals surface area contributed by atoms with Crippen LogP contribution in [0.4, 0.5) is 10.5 Å². The van der Waals surface area contributed by atoms with Gasteiger partial charge in [-0.1, -0.05) is 17.7 Å². The number of carbonyl (C=O) groups excluding carboxylic acids is 1. The minimum atomic E-state index is -0.0875. The van der Waals surface area contributed by atoms with Gasteiger partial charge in [0.25, 0.3) is 0 Å². The van der Waals surface area contributed by atoms with E-state index in [9.17, 15) is 4.79 Å². The fourth-order valence-electron chi connectivity index (χ4n) is 6.66. The highest BCUT2D eigenvalue weighted by Gasteiger charge is 2.43. The van der Waals surface area contributed by atoms with Crippen molar-refractivity contribution < 1.29 is 9.53 Å². The predicted molar refractivity (Wildman–Crippen MR) is 120 cm³/mol. The van der Waals surface area contributed by atoms with Gasteiger partial charge in [0.2, 0.25) is 0 Å². The number of amides is 1. The first-order valence-corrected chi connectivity index (χ1v) is 12.1. The summed E-state index contributed by atoms with van der Waals surface area (Å²) < 4.78 is 5.34. The summed E-state index contributed by atoms with van der Waals surface area (Å²) >= 11 is 0. The van der Waals surface area contributed by atoms with Crippen molar-refractivity contribution in [2.45, 2.75) is 63.8 Å². The van der Waals surface area contributed by atoms with Gasteiger partial charge in [-0.05, 0) is 88.9 Å². The van der Waals surface area contributed by atoms with E-state index in [0.717, 1.165) is 25.9 Å². The Morgan fingerprint density at radius 3 is 2.87 bits per heavy atom. The van der Waals surface area contributed by atoms with E-state index in [0.29, 0.717) is 29.9 Å². The van der Waals surface area contributed by atoms with Crippen molar-refractivity contribution >= 4 is 11.8 Å². The molecular formula is C25H37N3O2. The van der Waals surface area contributed by atoms with E-state index < -0.39 is 0 Å². The molecule has 1 amide bonds. The molecule has 4 fully saturated rings. The van der Waals surface area contributed by atoms with E-state index in [1.165, 1.54) is 56.6 Å². The van der Waals surface area contributed by atoms with Crippen molar-refractivity contribution in [2.75, 3.05) is 44.6 Å². The lowest BCUT2D eigenvalue weighted by Crippen LogP contribution is -2.46. The van der Waals surface area contributed by atoms with Gasteiger partial charge in [0.05, 0.1) is 6.61 Å². The van der Waals surface area contributed by atoms with Gasteiger partial charge in [0.1, 0.15) is 0 Å². The lowest BCUT2D eigenvalue weighted by molar-refractivity contribution is 0.0679.